The molecule has 1 saturated heterocycles. The first-order valence-corrected chi connectivity index (χ1v) is 18.2. The van der Waals surface area contributed by atoms with Crippen molar-refractivity contribution in [2.24, 2.45) is 35.0 Å². The number of allylic oxidation sites excluding steroid dienone is 5. The molecule has 1 spiro atoms. The van der Waals surface area contributed by atoms with E-state index in [0.29, 0.717) is 5.57 Å². The number of esters is 2. The quantitative estimate of drug-likeness (QED) is 0.294. The van der Waals surface area contributed by atoms with Gasteiger partial charge < -0.3 is 14.6 Å². The molecule has 47 heavy (non-hydrogen) atoms. The van der Waals surface area contributed by atoms with E-state index in [-0.39, 0.29) is 41.4 Å². The van der Waals surface area contributed by atoms with Gasteiger partial charge in [-0.15, -0.1) is 0 Å². The van der Waals surface area contributed by atoms with Gasteiger partial charge >= 0.3 is 11.9 Å². The molecule has 2 bridgehead atoms. The third kappa shape index (κ3) is 5.12. The molecular formula is C42H46O5. The Kier molecular flexibility index (Phi) is 7.98. The zero-order valence-electron chi connectivity index (χ0n) is 27.5. The number of benzene rings is 2. The van der Waals surface area contributed by atoms with Crippen molar-refractivity contribution in [3.05, 3.63) is 106 Å². The first kappa shape index (κ1) is 30.5. The number of carbonyl (C=O) groups is 2. The summed E-state index contributed by atoms with van der Waals surface area (Å²) in [6.07, 6.45) is 18.3. The number of carbonyl (C=O) groups excluding carboxylic acids is 2. The molecule has 5 heteroatoms. The van der Waals surface area contributed by atoms with Crippen LogP contribution < -0.4 is 0 Å². The molecular weight excluding hydrogens is 584 g/mol. The van der Waals surface area contributed by atoms with Crippen LogP contribution in [0.5, 0.6) is 5.75 Å². The van der Waals surface area contributed by atoms with E-state index in [1.54, 1.807) is 12.1 Å². The lowest BCUT2D eigenvalue weighted by Crippen LogP contribution is -2.52. The van der Waals surface area contributed by atoms with Gasteiger partial charge in [-0.05, 0) is 116 Å². The minimum Gasteiger partial charge on any atom is -0.508 e. The minimum absolute atomic E-state index is 0.109. The maximum Gasteiger partial charge on any atom is 0.340 e. The average molecular weight is 631 g/mol. The summed E-state index contributed by atoms with van der Waals surface area (Å²) >= 11 is 0. The van der Waals surface area contributed by atoms with Crippen molar-refractivity contribution >= 4 is 17.5 Å². The van der Waals surface area contributed by atoms with Crippen molar-refractivity contribution in [1.82, 2.24) is 0 Å². The highest BCUT2D eigenvalue weighted by Gasteiger charge is 2.68. The molecule has 2 saturated carbocycles. The molecule has 5 atom stereocenters. The molecule has 5 unspecified atom stereocenters. The average Bonchev–Trinajstić information content (AvgIpc) is 3.58. The van der Waals surface area contributed by atoms with E-state index in [9.17, 15) is 14.7 Å². The number of hydrogen-bond acceptors (Lipinski definition) is 5. The Bertz CT molecular complexity index is 1700. The predicted molar refractivity (Wildman–Crippen MR) is 182 cm³/mol. The highest BCUT2D eigenvalue weighted by atomic mass is 16.5. The number of cyclic esters (lactones) is 2. The first-order chi connectivity index (χ1) is 23.0. The summed E-state index contributed by atoms with van der Waals surface area (Å²) < 4.78 is 12.5. The van der Waals surface area contributed by atoms with E-state index in [2.05, 4.69) is 43.3 Å². The largest absolute Gasteiger partial charge is 0.508 e. The Morgan fingerprint density at radius 2 is 1.77 bits per heavy atom. The van der Waals surface area contributed by atoms with E-state index in [1.165, 1.54) is 37.7 Å². The summed E-state index contributed by atoms with van der Waals surface area (Å²) in [5.74, 6) is 2.24. The number of ether oxygens (including phenoxy) is 2. The fraction of sp³-hybridized carbons (Fsp3) is 0.476. The highest BCUT2D eigenvalue weighted by molar-refractivity contribution is 6.06. The van der Waals surface area contributed by atoms with Crippen LogP contribution in [0.2, 0.25) is 0 Å². The molecule has 0 amide bonds. The van der Waals surface area contributed by atoms with Crippen LogP contribution in [0.25, 0.3) is 5.57 Å². The Hall–Kier alpha value is -3.86. The molecule has 5 aliphatic carbocycles. The molecule has 1 N–H and O–H groups in total. The number of phenolic OH excluding ortho intramolecular Hbond substituents is 1. The molecule has 2 aromatic rings. The number of aromatic hydroxyl groups is 1. The van der Waals surface area contributed by atoms with Gasteiger partial charge in [-0.3, -0.25) is 0 Å². The van der Waals surface area contributed by atoms with Gasteiger partial charge in [0.1, 0.15) is 17.3 Å². The maximum atomic E-state index is 14.2. The second kappa shape index (κ2) is 12.3. The van der Waals surface area contributed by atoms with Crippen LogP contribution in [0.4, 0.5) is 0 Å². The van der Waals surface area contributed by atoms with Crippen molar-refractivity contribution in [3.63, 3.8) is 0 Å². The van der Waals surface area contributed by atoms with Gasteiger partial charge in [-0.2, -0.15) is 0 Å². The van der Waals surface area contributed by atoms with Crippen LogP contribution in [0.3, 0.4) is 0 Å². The maximum absolute atomic E-state index is 14.2. The van der Waals surface area contributed by atoms with Crippen molar-refractivity contribution < 1.29 is 24.2 Å². The van der Waals surface area contributed by atoms with Gasteiger partial charge in [0.25, 0.3) is 0 Å². The van der Waals surface area contributed by atoms with E-state index >= 15 is 0 Å². The molecule has 0 aromatic heterocycles. The zero-order valence-corrected chi connectivity index (χ0v) is 27.5. The number of phenols is 1. The first-order valence-electron chi connectivity index (χ1n) is 18.2. The third-order valence-corrected chi connectivity index (χ3v) is 12.4. The van der Waals surface area contributed by atoms with Crippen LogP contribution >= 0.6 is 0 Å². The molecule has 2 aliphatic heterocycles. The Morgan fingerprint density at radius 1 is 0.936 bits per heavy atom. The topological polar surface area (TPSA) is 72.8 Å². The fourth-order valence-electron chi connectivity index (χ4n) is 10.3. The van der Waals surface area contributed by atoms with Crippen LogP contribution in [0.1, 0.15) is 95.1 Å². The zero-order chi connectivity index (χ0) is 32.1. The van der Waals surface area contributed by atoms with Gasteiger partial charge in [0.2, 0.25) is 0 Å². The Morgan fingerprint density at radius 3 is 2.55 bits per heavy atom. The van der Waals surface area contributed by atoms with Gasteiger partial charge in [0, 0.05) is 17.1 Å². The molecule has 3 fully saturated rings. The molecule has 5 nitrogen and oxygen atoms in total. The summed E-state index contributed by atoms with van der Waals surface area (Å²) in [6.45, 7) is 2.19. The van der Waals surface area contributed by atoms with Gasteiger partial charge in [-0.1, -0.05) is 81.5 Å². The highest BCUT2D eigenvalue weighted by Crippen LogP contribution is 2.71. The fourth-order valence-corrected chi connectivity index (χ4v) is 10.3. The van der Waals surface area contributed by atoms with Crippen LogP contribution in [0, 0.1) is 35.0 Å². The van der Waals surface area contributed by atoms with Crippen molar-refractivity contribution in [3.8, 4) is 5.75 Å². The second-order valence-corrected chi connectivity index (χ2v) is 14.8. The number of hydrogen-bond donors (Lipinski definition) is 1. The normalized spacial score (nSPS) is 30.8. The van der Waals surface area contributed by atoms with Crippen LogP contribution in [0.15, 0.2) is 95.0 Å². The molecule has 7 aliphatic rings. The lowest BCUT2D eigenvalue weighted by molar-refractivity contribution is -0.135. The summed E-state index contributed by atoms with van der Waals surface area (Å²) in [5.41, 5.74) is 4.99. The van der Waals surface area contributed by atoms with E-state index in [0.717, 1.165) is 91.1 Å². The van der Waals surface area contributed by atoms with Crippen molar-refractivity contribution in [1.29, 1.82) is 0 Å². The summed E-state index contributed by atoms with van der Waals surface area (Å²) in [7, 11) is 0. The number of fused-ring (bicyclic) bond motifs is 1. The summed E-state index contributed by atoms with van der Waals surface area (Å²) in [4.78, 5) is 28.2. The third-order valence-electron chi connectivity index (χ3n) is 12.4. The minimum atomic E-state index is -0.723. The molecule has 244 valence electrons. The number of rotatable bonds is 8. The molecule has 0 radical (unpaired) electrons. The molecule has 9 rings (SSSR count). The molecule has 2 aromatic carbocycles. The van der Waals surface area contributed by atoms with E-state index < -0.39 is 5.41 Å². The SMILES string of the molecule is CCC(C=C1OC(=O)C2=C(c3cccc(O)c3)C3CCC12C1C2=C(CCC31)C(=CCCC1CCCCC1)OC2=O)Cc1ccccc1. The summed E-state index contributed by atoms with van der Waals surface area (Å²) in [5, 5.41) is 10.5. The smallest absolute Gasteiger partial charge is 0.340 e. The van der Waals surface area contributed by atoms with E-state index in [4.69, 9.17) is 9.47 Å². The molecule has 2 heterocycles. The Labute approximate surface area is 278 Å². The van der Waals surface area contributed by atoms with E-state index in [1.807, 2.05) is 18.2 Å². The van der Waals surface area contributed by atoms with Crippen LogP contribution in [-0.4, -0.2) is 17.0 Å². The van der Waals surface area contributed by atoms with Gasteiger partial charge in [-0.25, -0.2) is 9.59 Å². The van der Waals surface area contributed by atoms with Crippen molar-refractivity contribution in [2.75, 3.05) is 0 Å². The predicted octanol–water partition coefficient (Wildman–Crippen LogP) is 9.39. The second-order valence-electron chi connectivity index (χ2n) is 14.8. The van der Waals surface area contributed by atoms with Crippen molar-refractivity contribution in [2.45, 2.75) is 90.4 Å². The van der Waals surface area contributed by atoms with Crippen LogP contribution in [-0.2, 0) is 25.5 Å². The monoisotopic (exact) mass is 630 g/mol. The lowest BCUT2D eigenvalue weighted by Gasteiger charge is -2.56. The standard InChI is InChI=1S/C42H46O5/c1-2-26(23-28-13-7-4-8-14-28)24-35-42-22-21-31(36(39(42)41(45)47-35)29-16-10-17-30(43)25-29)32-19-20-33-34(46-40(44)37(33)38(32)42)18-9-15-27-11-5-3-6-12-27/h4,7-8,10,13-14,16-18,24-27,31-32,38,43H,2-3,5-6,9,11-12,15,19-23H2,1H3. The Balaban J connectivity index is 1.24. The van der Waals surface area contributed by atoms with Gasteiger partial charge in [0.15, 0.2) is 0 Å². The lowest BCUT2D eigenvalue weighted by atomic mass is 9.44. The van der Waals surface area contributed by atoms with Gasteiger partial charge in [0.05, 0.1) is 11.0 Å². The summed E-state index contributed by atoms with van der Waals surface area (Å²) in [6, 6.07) is 17.8.